The van der Waals surface area contributed by atoms with Gasteiger partial charge in [-0.1, -0.05) is 75.6 Å². The van der Waals surface area contributed by atoms with Gasteiger partial charge in [-0.3, -0.25) is 9.69 Å². The second-order valence-electron chi connectivity index (χ2n) is 8.16. The molecule has 1 aliphatic rings. The number of benzene rings is 3. The highest BCUT2D eigenvalue weighted by Gasteiger charge is 2.33. The molecule has 4 rings (SSSR count). The van der Waals surface area contributed by atoms with Gasteiger partial charge in [0.2, 0.25) is 0 Å². The monoisotopic (exact) mass is 520 g/mol. The first-order valence-electron chi connectivity index (χ1n) is 10.8. The number of carbonyl (C=O) groups excluding carboxylic acids is 2. The molecule has 0 aromatic heterocycles. The lowest BCUT2D eigenvalue weighted by Crippen LogP contribution is -2.30. The van der Waals surface area contributed by atoms with Crippen molar-refractivity contribution in [1.29, 1.82) is 0 Å². The van der Waals surface area contributed by atoms with Crippen LogP contribution in [0.1, 0.15) is 27.8 Å². The van der Waals surface area contributed by atoms with Crippen LogP contribution in [0.2, 0.25) is 0 Å². The molecule has 1 aliphatic heterocycles. The van der Waals surface area contributed by atoms with Crippen LogP contribution >= 0.6 is 15.9 Å². The summed E-state index contributed by atoms with van der Waals surface area (Å²) in [7, 11) is 1.56. The lowest BCUT2D eigenvalue weighted by Gasteiger charge is -2.13. The van der Waals surface area contributed by atoms with Crippen molar-refractivity contribution in [1.82, 2.24) is 10.2 Å². The molecule has 1 heterocycles. The summed E-state index contributed by atoms with van der Waals surface area (Å²) in [5.41, 5.74) is 5.11. The van der Waals surface area contributed by atoms with Crippen LogP contribution in [-0.4, -0.2) is 23.9 Å². The van der Waals surface area contributed by atoms with Crippen LogP contribution in [0.3, 0.4) is 0 Å². The number of rotatable bonds is 7. The number of methoxy groups -OCH3 is 1. The summed E-state index contributed by atoms with van der Waals surface area (Å²) in [6, 6.07) is 19.0. The van der Waals surface area contributed by atoms with Crippen molar-refractivity contribution in [2.24, 2.45) is 0 Å². The molecule has 6 nitrogen and oxygen atoms in total. The third kappa shape index (κ3) is 5.31. The number of urea groups is 1. The van der Waals surface area contributed by atoms with Crippen LogP contribution in [0, 0.1) is 13.8 Å². The van der Waals surface area contributed by atoms with E-state index < -0.39 is 6.03 Å². The molecule has 174 valence electrons. The average molecular weight is 521 g/mol. The summed E-state index contributed by atoms with van der Waals surface area (Å²) in [6.07, 6.45) is 1.63. The van der Waals surface area contributed by atoms with Crippen LogP contribution in [0.4, 0.5) is 4.79 Å². The summed E-state index contributed by atoms with van der Waals surface area (Å²) in [4.78, 5) is 26.6. The molecule has 0 unspecified atom stereocenters. The Balaban J connectivity index is 1.52. The zero-order valence-electron chi connectivity index (χ0n) is 19.2. The van der Waals surface area contributed by atoms with Crippen molar-refractivity contribution < 1.29 is 19.1 Å². The fourth-order valence-electron chi connectivity index (χ4n) is 3.53. The second kappa shape index (κ2) is 10.1. The Labute approximate surface area is 207 Å². The molecule has 3 amide bonds. The van der Waals surface area contributed by atoms with E-state index >= 15 is 0 Å². The Bertz CT molecular complexity index is 1250. The van der Waals surface area contributed by atoms with Gasteiger partial charge < -0.3 is 14.8 Å². The van der Waals surface area contributed by atoms with Crippen LogP contribution in [0.25, 0.3) is 6.08 Å². The van der Waals surface area contributed by atoms with Gasteiger partial charge in [-0.05, 0) is 48.7 Å². The minimum atomic E-state index is -0.446. The minimum absolute atomic E-state index is 0.202. The highest BCUT2D eigenvalue weighted by molar-refractivity contribution is 9.10. The number of hydrogen-bond acceptors (Lipinski definition) is 4. The van der Waals surface area contributed by atoms with Crippen molar-refractivity contribution in [3.8, 4) is 11.5 Å². The molecule has 0 atom stereocenters. The molecule has 1 N–H and O–H groups in total. The number of halogens is 1. The summed E-state index contributed by atoms with van der Waals surface area (Å²) in [5.74, 6) is 0.714. The van der Waals surface area contributed by atoms with Crippen molar-refractivity contribution >= 4 is 33.9 Å². The Morgan fingerprint density at radius 3 is 2.15 bits per heavy atom. The Hall–Kier alpha value is -3.58. The predicted molar refractivity (Wildman–Crippen MR) is 134 cm³/mol. The van der Waals surface area contributed by atoms with E-state index in [0.717, 1.165) is 16.7 Å². The standard InChI is InChI=1S/C27H25BrN2O4/c1-17-4-8-19(9-5-17)15-30-26(31)23(29-27(30)32)12-21-13-24(33-3)25(14-22(21)28)34-16-20-10-6-18(2)7-11-20/h4-14H,15-16H2,1-3H3,(H,29,32)/b23-12+. The molecule has 0 spiro atoms. The van der Waals surface area contributed by atoms with Crippen LogP contribution in [0.5, 0.6) is 11.5 Å². The highest BCUT2D eigenvalue weighted by Crippen LogP contribution is 2.35. The zero-order chi connectivity index (χ0) is 24.2. The number of imide groups is 1. The number of nitrogens with zero attached hydrogens (tertiary/aromatic N) is 1. The van der Waals surface area contributed by atoms with Crippen molar-refractivity contribution in [2.45, 2.75) is 27.0 Å². The van der Waals surface area contributed by atoms with E-state index in [4.69, 9.17) is 9.47 Å². The van der Waals surface area contributed by atoms with E-state index in [-0.39, 0.29) is 18.1 Å². The van der Waals surface area contributed by atoms with E-state index in [2.05, 4.69) is 21.2 Å². The van der Waals surface area contributed by atoms with Crippen LogP contribution < -0.4 is 14.8 Å². The predicted octanol–water partition coefficient (Wildman–Crippen LogP) is 5.75. The van der Waals surface area contributed by atoms with Gasteiger partial charge in [-0.15, -0.1) is 0 Å². The third-order valence-corrected chi connectivity index (χ3v) is 6.21. The van der Waals surface area contributed by atoms with E-state index in [1.165, 1.54) is 10.5 Å². The lowest BCUT2D eigenvalue weighted by atomic mass is 10.1. The van der Waals surface area contributed by atoms with Crippen LogP contribution in [-0.2, 0) is 17.9 Å². The van der Waals surface area contributed by atoms with Gasteiger partial charge in [0.25, 0.3) is 5.91 Å². The molecule has 1 fully saturated rings. The first kappa shape index (κ1) is 23.6. The first-order valence-corrected chi connectivity index (χ1v) is 11.6. The summed E-state index contributed by atoms with van der Waals surface area (Å²) >= 11 is 3.55. The molecule has 0 radical (unpaired) electrons. The van der Waals surface area contributed by atoms with E-state index in [1.807, 2.05) is 62.4 Å². The molecular weight excluding hydrogens is 496 g/mol. The second-order valence-corrected chi connectivity index (χ2v) is 9.02. The molecule has 0 saturated carbocycles. The summed E-state index contributed by atoms with van der Waals surface area (Å²) in [6.45, 7) is 4.63. The number of aryl methyl sites for hydroxylation is 2. The number of nitrogens with one attached hydrogen (secondary N) is 1. The van der Waals surface area contributed by atoms with Gasteiger partial charge in [0.1, 0.15) is 12.3 Å². The molecule has 34 heavy (non-hydrogen) atoms. The normalized spacial score (nSPS) is 14.5. The molecule has 0 bridgehead atoms. The Kier molecular flexibility index (Phi) is 7.03. The van der Waals surface area contributed by atoms with E-state index in [9.17, 15) is 9.59 Å². The summed E-state index contributed by atoms with van der Waals surface area (Å²) < 4.78 is 12.2. The quantitative estimate of drug-likeness (QED) is 0.318. The summed E-state index contributed by atoms with van der Waals surface area (Å²) in [5, 5.41) is 2.67. The first-order chi connectivity index (χ1) is 16.3. The number of carbonyl (C=O) groups is 2. The Morgan fingerprint density at radius 2 is 1.53 bits per heavy atom. The topological polar surface area (TPSA) is 67.9 Å². The fourth-order valence-corrected chi connectivity index (χ4v) is 3.96. The molecular formula is C27H25BrN2O4. The third-order valence-electron chi connectivity index (χ3n) is 5.52. The maximum absolute atomic E-state index is 12.9. The molecule has 7 heteroatoms. The molecule has 0 aliphatic carbocycles. The Morgan fingerprint density at radius 1 is 0.912 bits per heavy atom. The van der Waals surface area contributed by atoms with Gasteiger partial charge in [0.15, 0.2) is 11.5 Å². The van der Waals surface area contributed by atoms with Crippen LogP contribution in [0.15, 0.2) is 70.8 Å². The van der Waals surface area contributed by atoms with Crippen molar-refractivity contribution in [3.63, 3.8) is 0 Å². The minimum Gasteiger partial charge on any atom is -0.493 e. The van der Waals surface area contributed by atoms with E-state index in [1.54, 1.807) is 25.3 Å². The zero-order valence-corrected chi connectivity index (χ0v) is 20.8. The largest absolute Gasteiger partial charge is 0.493 e. The average Bonchev–Trinajstić information content (AvgIpc) is 3.08. The van der Waals surface area contributed by atoms with Gasteiger partial charge in [0, 0.05) is 4.47 Å². The van der Waals surface area contributed by atoms with E-state index in [0.29, 0.717) is 28.1 Å². The van der Waals surface area contributed by atoms with Crippen molar-refractivity contribution in [3.05, 3.63) is 98.7 Å². The highest BCUT2D eigenvalue weighted by atomic mass is 79.9. The van der Waals surface area contributed by atoms with Crippen molar-refractivity contribution in [2.75, 3.05) is 7.11 Å². The number of ether oxygens (including phenoxy) is 2. The maximum atomic E-state index is 12.9. The molecule has 3 aromatic rings. The molecule has 1 saturated heterocycles. The van der Waals surface area contributed by atoms with Gasteiger partial charge in [-0.25, -0.2) is 4.79 Å². The maximum Gasteiger partial charge on any atom is 0.329 e. The number of amides is 3. The SMILES string of the molecule is COc1cc(/C=C2/NC(=O)N(Cc3ccc(C)cc3)C2=O)c(Br)cc1OCc1ccc(C)cc1. The smallest absolute Gasteiger partial charge is 0.329 e. The number of hydrogen-bond donors (Lipinski definition) is 1. The molecule has 3 aromatic carbocycles. The fraction of sp³-hybridized carbons (Fsp3) is 0.185. The van der Waals surface area contributed by atoms with Gasteiger partial charge in [0.05, 0.1) is 13.7 Å². The lowest BCUT2D eigenvalue weighted by molar-refractivity contribution is -0.123. The van der Waals surface area contributed by atoms with Gasteiger partial charge in [-0.2, -0.15) is 0 Å². The van der Waals surface area contributed by atoms with Gasteiger partial charge >= 0.3 is 6.03 Å².